The van der Waals surface area contributed by atoms with Crippen LogP contribution in [0.25, 0.3) is 21.8 Å². The van der Waals surface area contributed by atoms with Crippen molar-refractivity contribution in [3.8, 4) is 5.75 Å². The monoisotopic (exact) mass is 1790 g/mol. The van der Waals surface area contributed by atoms with Gasteiger partial charge in [0.2, 0.25) is 88.6 Å². The number of aliphatic carboxylic acids is 1. The standard InChI is InChI=1S/C86H122N20O20S/c1-9-11-21-67-79(119)98-64(40-89)78(118)100-65(73(90)113)45-127-46-71(110)92-61(35-49-25-27-52(108)28-26-49)82(122)101(6)48(5)74(114)94-58(30-33-107)84(124)105-32-17-24-68(105)80(120)99-63(39-88)77(117)96-60(34-47(3)4)85(125)106-43-53(109)38-70(106)81(121)95-59(36-50-41-91-56-20-15-13-18-54(50)56)76(116)93-57(29-31-87)75(115)97-62(83(123)103(8)69(22-12-10-2)86(126)102(67)7)37-51-42-104(44-72(111)112)66-23-16-14-19-55(51)66/h13-16,18-20,23,25-28,33,41-42,47-48,53,57-65,67-70,91,108-109H,9-12,17,21-22,24,29-32,34-40,43-46,87-89H2,1-8H3,(H2,90,113)(H,92,110)(H,93,116)(H,94,114)(H,95,121)(H,96,117)(H,97,115)(H,98,119)(H,99,120)(H,100,118)(H,111,112)/t48-,53+,57-,58-,59-,60-,61-,62-,63-,64-,65-,67-,68-,69-,70-/m0/s1. The van der Waals surface area contributed by atoms with Crippen molar-refractivity contribution in [2.45, 2.75) is 228 Å². The Labute approximate surface area is 739 Å². The Morgan fingerprint density at radius 3 is 1.75 bits per heavy atom. The van der Waals surface area contributed by atoms with Crippen molar-refractivity contribution >= 4 is 134 Å². The maximum absolute atomic E-state index is 15.8. The summed E-state index contributed by atoms with van der Waals surface area (Å²) in [5.41, 5.74) is 26.8. The Hall–Kier alpha value is -12.1. The van der Waals surface area contributed by atoms with Crippen LogP contribution in [-0.2, 0) is 107 Å². The van der Waals surface area contributed by atoms with E-state index in [-0.39, 0.29) is 94.7 Å². The molecule has 3 aromatic carbocycles. The van der Waals surface area contributed by atoms with Gasteiger partial charge in [-0.3, -0.25) is 76.7 Å². The third kappa shape index (κ3) is 26.8. The summed E-state index contributed by atoms with van der Waals surface area (Å²) in [6, 6.07) is -1.71. The Morgan fingerprint density at radius 2 is 1.11 bits per heavy atom. The molecule has 5 aromatic rings. The molecule has 0 saturated carbocycles. The number of aliphatic hydroxyl groups is 1. The largest absolute Gasteiger partial charge is 0.508 e. The van der Waals surface area contributed by atoms with Crippen LogP contribution in [0.15, 0.2) is 85.2 Å². The normalized spacial score (nSPS) is 25.7. The van der Waals surface area contributed by atoms with E-state index in [1.54, 1.807) is 68.6 Å². The molecule has 3 fully saturated rings. The molecule has 41 heteroatoms. The second-order valence-electron chi connectivity index (χ2n) is 32.9. The summed E-state index contributed by atoms with van der Waals surface area (Å²) in [7, 11) is 3.91. The third-order valence-electron chi connectivity index (χ3n) is 23.1. The number of unbranched alkanes of at least 4 members (excludes halogenated alkanes) is 2. The summed E-state index contributed by atoms with van der Waals surface area (Å²) >= 11 is 0.798. The van der Waals surface area contributed by atoms with Gasteiger partial charge in [0.15, 0.2) is 0 Å². The molecule has 0 aliphatic carbocycles. The van der Waals surface area contributed by atoms with E-state index < -0.39 is 224 Å². The quantitative estimate of drug-likeness (QED) is 0.0295. The van der Waals surface area contributed by atoms with Gasteiger partial charge in [-0.05, 0) is 98.9 Å². The molecule has 0 bridgehead atoms. The number of likely N-dealkylation sites (N-methyl/N-ethyl adjacent to an activating group) is 3. The Bertz CT molecular complexity index is 4780. The molecular formula is C86H122N20O20S. The number of carbonyl (C=O) groups is 17. The number of carboxylic acid groups (broad SMARTS) is 1. The van der Waals surface area contributed by atoms with Gasteiger partial charge >= 0.3 is 5.97 Å². The van der Waals surface area contributed by atoms with Gasteiger partial charge in [0.1, 0.15) is 103 Å². The van der Waals surface area contributed by atoms with Crippen LogP contribution in [-0.4, -0.2) is 306 Å². The fourth-order valence-electron chi connectivity index (χ4n) is 16.0. The van der Waals surface area contributed by atoms with Gasteiger partial charge in [0.05, 0.1) is 11.9 Å². The number of benzene rings is 3. The zero-order valence-electron chi connectivity index (χ0n) is 72.8. The number of rotatable bonds is 23. The Kier molecular flexibility index (Phi) is 37.5. The van der Waals surface area contributed by atoms with Crippen LogP contribution in [0.3, 0.4) is 0 Å². The number of hydrogen-bond acceptors (Lipinski definition) is 23. The summed E-state index contributed by atoms with van der Waals surface area (Å²) < 4.78 is 1.44. The molecule has 3 aliphatic rings. The molecule has 15 atom stereocenters. The molecule has 2 aromatic heterocycles. The minimum Gasteiger partial charge on any atom is -0.508 e. The van der Waals surface area contributed by atoms with Gasteiger partial charge in [0, 0.05) is 119 Å². The first-order chi connectivity index (χ1) is 60.5. The highest BCUT2D eigenvalue weighted by molar-refractivity contribution is 8.00. The van der Waals surface area contributed by atoms with Crippen LogP contribution in [0.1, 0.15) is 128 Å². The predicted molar refractivity (Wildman–Crippen MR) is 468 cm³/mol. The number of nitrogens with one attached hydrogen (secondary N) is 10. The van der Waals surface area contributed by atoms with Crippen molar-refractivity contribution in [3.05, 3.63) is 102 Å². The molecule has 8 rings (SSSR count). The van der Waals surface area contributed by atoms with E-state index in [0.717, 1.165) is 36.3 Å². The number of hydrogen-bond donors (Lipinski definition) is 17. The number of aromatic amines is 1. The first-order valence-corrected chi connectivity index (χ1v) is 44.0. The minimum atomic E-state index is -1.65. The molecule has 3 aliphatic heterocycles. The zero-order chi connectivity index (χ0) is 93.2. The average Bonchev–Trinajstić information content (AvgIpc) is 1.69. The molecule has 0 radical (unpaired) electrons. The molecule has 5 heterocycles. The second-order valence-corrected chi connectivity index (χ2v) is 33.9. The average molecular weight is 1790 g/mol. The maximum Gasteiger partial charge on any atom is 0.323 e. The van der Waals surface area contributed by atoms with E-state index in [4.69, 9.17) is 22.9 Å². The zero-order valence-corrected chi connectivity index (χ0v) is 73.7. The van der Waals surface area contributed by atoms with E-state index in [0.29, 0.717) is 70.5 Å². The third-order valence-corrected chi connectivity index (χ3v) is 24.2. The van der Waals surface area contributed by atoms with Crippen molar-refractivity contribution in [2.24, 2.45) is 28.9 Å². The molecule has 3 saturated heterocycles. The number of H-pyrrole nitrogens is 1. The summed E-state index contributed by atoms with van der Waals surface area (Å²) in [5.74, 6) is -16.2. The smallest absolute Gasteiger partial charge is 0.323 e. The highest BCUT2D eigenvalue weighted by Gasteiger charge is 2.46. The van der Waals surface area contributed by atoms with Crippen LogP contribution in [0.5, 0.6) is 5.75 Å². The molecule has 21 N–H and O–H groups in total. The van der Waals surface area contributed by atoms with Crippen molar-refractivity contribution in [3.63, 3.8) is 0 Å². The number of aromatic hydroxyl groups is 1. The van der Waals surface area contributed by atoms with Crippen LogP contribution < -0.4 is 70.8 Å². The van der Waals surface area contributed by atoms with Crippen molar-refractivity contribution < 1.29 is 96.8 Å². The number of thioether (sulfide) groups is 1. The number of fused-ring (bicyclic) bond motifs is 4. The summed E-state index contributed by atoms with van der Waals surface area (Å²) in [4.78, 5) is 254. The molecule has 15 amide bonds. The van der Waals surface area contributed by atoms with Gasteiger partial charge in [-0.2, -0.15) is 0 Å². The van der Waals surface area contributed by atoms with Crippen LogP contribution in [0, 0.1) is 5.92 Å². The second kappa shape index (κ2) is 47.5. The van der Waals surface area contributed by atoms with Gasteiger partial charge < -0.3 is 125 Å². The minimum absolute atomic E-state index is 0.00123. The Morgan fingerprint density at radius 1 is 0.567 bits per heavy atom. The van der Waals surface area contributed by atoms with E-state index in [2.05, 4.69) is 52.8 Å². The number of aromatic nitrogens is 2. The lowest BCUT2D eigenvalue weighted by atomic mass is 9.99. The summed E-state index contributed by atoms with van der Waals surface area (Å²) in [6.07, 6.45) is 1.83. The van der Waals surface area contributed by atoms with Crippen LogP contribution in [0.2, 0.25) is 0 Å². The number of carboxylic acids is 1. The molecule has 40 nitrogen and oxygen atoms in total. The number of para-hydroxylation sites is 2. The topological polar surface area (TPSA) is 600 Å². The maximum atomic E-state index is 15.8. The lowest BCUT2D eigenvalue weighted by Crippen LogP contribution is -2.62. The number of carbonyl (C=O) groups excluding carboxylic acids is 16. The predicted octanol–water partition coefficient (Wildman–Crippen LogP) is -2.73. The number of phenols is 1. The SMILES string of the molecule is CCCC[C@H]1C(=O)N(C)[C@@H](CCCC)C(=O)N[C@@H](CN)C(=O)N[C@H](C(N)=O)CSCC(=O)N[C@@H](Cc2ccc(O)cc2)C(=O)N(C)[C@@H](C)C(=O)N[C@@H](CC=O)C(=O)N2CCC[C@H]2C(=O)N[C@@H](CN)C(=O)N[C@@H](CC(C)C)C(=O)N2C[C@H](O)C[C@H]2C(=O)N[C@@H](Cc2c[nH]c3ccccc23)C(=O)N[C@@H](CCN)C(=O)N[C@@H](Cc2cn(CC(=O)O)c3ccccc23)C(=O)N1C. The molecule has 0 unspecified atom stereocenters. The fourth-order valence-corrected chi connectivity index (χ4v) is 16.8. The van der Waals surface area contributed by atoms with Crippen molar-refractivity contribution in [1.82, 2.24) is 81.9 Å². The first kappa shape index (κ1) is 100. The highest BCUT2D eigenvalue weighted by Crippen LogP contribution is 2.29. The van der Waals surface area contributed by atoms with Crippen molar-refractivity contribution in [1.29, 1.82) is 0 Å². The van der Waals surface area contributed by atoms with Gasteiger partial charge in [-0.15, -0.1) is 11.8 Å². The lowest BCUT2D eigenvalue weighted by molar-refractivity contribution is -0.149. The number of nitrogens with zero attached hydrogens (tertiary/aromatic N) is 6. The van der Waals surface area contributed by atoms with Crippen molar-refractivity contribution in [2.75, 3.05) is 65.4 Å². The highest BCUT2D eigenvalue weighted by atomic mass is 32.2. The fraction of sp³-hybridized carbons (Fsp3) is 0.547. The Balaban J connectivity index is 1.17. The summed E-state index contributed by atoms with van der Waals surface area (Å²) in [6.45, 7) is 6.03. The van der Waals surface area contributed by atoms with E-state index in [1.807, 2.05) is 13.8 Å². The number of aldehydes is 1. The molecule has 0 spiro atoms. The van der Waals surface area contributed by atoms with Gasteiger partial charge in [0.25, 0.3) is 0 Å². The molecule has 692 valence electrons. The van der Waals surface area contributed by atoms with Crippen LogP contribution >= 0.6 is 11.8 Å². The van der Waals surface area contributed by atoms with E-state index >= 15 is 28.8 Å². The number of primary amides is 1. The number of aliphatic hydroxyl groups excluding tert-OH is 1. The number of nitrogens with two attached hydrogens (primary N) is 4. The van der Waals surface area contributed by atoms with E-state index in [9.17, 15) is 68.1 Å². The summed E-state index contributed by atoms with van der Waals surface area (Å²) in [5, 5.41) is 56.5. The molecular weight excluding hydrogens is 1670 g/mol. The van der Waals surface area contributed by atoms with Gasteiger partial charge in [-0.1, -0.05) is 102 Å². The number of phenolic OH excluding ortho intramolecular Hbond substituents is 1. The first-order valence-electron chi connectivity index (χ1n) is 42.8. The number of amides is 15. The van der Waals surface area contributed by atoms with Crippen LogP contribution in [0.4, 0.5) is 0 Å². The lowest BCUT2D eigenvalue weighted by Gasteiger charge is -2.36. The van der Waals surface area contributed by atoms with Gasteiger partial charge in [-0.25, -0.2) is 0 Å². The molecule has 127 heavy (non-hydrogen) atoms. The van der Waals surface area contributed by atoms with E-state index in [1.165, 1.54) is 63.1 Å².